The maximum Gasteiger partial charge on any atom is 0.416 e. The lowest BCUT2D eigenvalue weighted by atomic mass is 9.97. The van der Waals surface area contributed by atoms with Gasteiger partial charge in [0.15, 0.2) is 0 Å². The Balaban J connectivity index is 1.89. The number of anilines is 1. The fourth-order valence-electron chi connectivity index (χ4n) is 4.52. The molecule has 1 fully saturated rings. The zero-order valence-corrected chi connectivity index (χ0v) is 21.2. The van der Waals surface area contributed by atoms with Crippen molar-refractivity contribution in [1.29, 1.82) is 0 Å². The smallest absolute Gasteiger partial charge is 0.384 e. The molecule has 0 radical (unpaired) electrons. The number of nitrogens with one attached hydrogen (secondary N) is 2. The largest absolute Gasteiger partial charge is 0.416 e. The van der Waals surface area contributed by atoms with E-state index in [1.807, 2.05) is 19.0 Å². The van der Waals surface area contributed by atoms with Gasteiger partial charge in [-0.3, -0.25) is 9.59 Å². The molecule has 1 aromatic heterocycles. The minimum absolute atomic E-state index is 0.0759. The van der Waals surface area contributed by atoms with Crippen molar-refractivity contribution in [2.24, 2.45) is 0 Å². The van der Waals surface area contributed by atoms with Crippen LogP contribution < -0.4 is 16.2 Å². The SMILES string of the molecule is Cc1c(C(C)NC(=O)c2cn(C3CCOCC3)c(=O)cc2NCCCN(C)C)cccc1C(F)(F)F. The molecule has 1 saturated heterocycles. The van der Waals surface area contributed by atoms with Crippen molar-refractivity contribution in [3.8, 4) is 0 Å². The van der Waals surface area contributed by atoms with E-state index in [1.54, 1.807) is 23.8 Å². The van der Waals surface area contributed by atoms with Crippen LogP contribution in [0.25, 0.3) is 0 Å². The quantitative estimate of drug-likeness (QED) is 0.492. The number of rotatable bonds is 9. The average Bonchev–Trinajstić information content (AvgIpc) is 2.81. The number of aromatic nitrogens is 1. The first kappa shape index (κ1) is 27.7. The predicted octanol–water partition coefficient (Wildman–Crippen LogP) is 4.38. The van der Waals surface area contributed by atoms with Gasteiger partial charge in [-0.25, -0.2) is 0 Å². The van der Waals surface area contributed by atoms with E-state index in [-0.39, 0.29) is 22.7 Å². The number of benzene rings is 1. The van der Waals surface area contributed by atoms with Gasteiger partial charge in [0.05, 0.1) is 22.9 Å². The van der Waals surface area contributed by atoms with Gasteiger partial charge in [-0.05, 0) is 70.9 Å². The minimum Gasteiger partial charge on any atom is -0.384 e. The standard InChI is InChI=1S/C26H35F3N4O3/c1-17-20(7-5-8-22(17)26(27,28)29)18(2)31-25(35)21-16-33(19-9-13-36-14-10-19)24(34)15-23(21)30-11-6-12-32(3)4/h5,7-8,15-16,18-19,30H,6,9-14H2,1-4H3,(H,31,35). The molecule has 2 aromatic rings. The topological polar surface area (TPSA) is 75.6 Å². The lowest BCUT2D eigenvalue weighted by Crippen LogP contribution is -2.33. The molecule has 1 unspecified atom stereocenters. The van der Waals surface area contributed by atoms with E-state index < -0.39 is 23.7 Å². The Morgan fingerprint density at radius 3 is 2.58 bits per heavy atom. The van der Waals surface area contributed by atoms with Crippen LogP contribution in [-0.2, 0) is 10.9 Å². The van der Waals surface area contributed by atoms with E-state index in [9.17, 15) is 22.8 Å². The number of carbonyl (C=O) groups is 1. The summed E-state index contributed by atoms with van der Waals surface area (Å²) in [5.74, 6) is -0.463. The van der Waals surface area contributed by atoms with Gasteiger partial charge >= 0.3 is 6.18 Å². The van der Waals surface area contributed by atoms with Crippen LogP contribution in [0.2, 0.25) is 0 Å². The van der Waals surface area contributed by atoms with Crippen LogP contribution in [-0.4, -0.2) is 55.8 Å². The molecule has 198 valence electrons. The van der Waals surface area contributed by atoms with Crippen LogP contribution in [0.15, 0.2) is 35.3 Å². The van der Waals surface area contributed by atoms with Crippen molar-refractivity contribution < 1.29 is 22.7 Å². The fourth-order valence-corrected chi connectivity index (χ4v) is 4.52. The first-order valence-corrected chi connectivity index (χ1v) is 12.2. The summed E-state index contributed by atoms with van der Waals surface area (Å²) in [6.07, 6.45) is -0.788. The zero-order valence-electron chi connectivity index (χ0n) is 21.2. The maximum absolute atomic E-state index is 13.4. The zero-order chi connectivity index (χ0) is 26.5. The van der Waals surface area contributed by atoms with E-state index in [4.69, 9.17) is 4.74 Å². The molecule has 0 spiro atoms. The molecular formula is C26H35F3N4O3. The Kier molecular flexibility index (Phi) is 9.19. The summed E-state index contributed by atoms with van der Waals surface area (Å²) in [7, 11) is 3.93. The molecule has 2 N–H and O–H groups in total. The summed E-state index contributed by atoms with van der Waals surface area (Å²) in [6, 6.07) is 4.64. The van der Waals surface area contributed by atoms with Crippen molar-refractivity contribution in [3.05, 3.63) is 63.1 Å². The van der Waals surface area contributed by atoms with Crippen molar-refractivity contribution in [1.82, 2.24) is 14.8 Å². The highest BCUT2D eigenvalue weighted by Gasteiger charge is 2.33. The molecule has 2 heterocycles. The summed E-state index contributed by atoms with van der Waals surface area (Å²) in [6.45, 7) is 5.52. The number of alkyl halides is 3. The van der Waals surface area contributed by atoms with Crippen LogP contribution in [0.3, 0.4) is 0 Å². The maximum atomic E-state index is 13.4. The average molecular weight is 509 g/mol. The van der Waals surface area contributed by atoms with Gasteiger partial charge in [0.1, 0.15) is 0 Å². The monoisotopic (exact) mass is 508 g/mol. The lowest BCUT2D eigenvalue weighted by molar-refractivity contribution is -0.138. The van der Waals surface area contributed by atoms with Crippen molar-refractivity contribution >= 4 is 11.6 Å². The first-order valence-electron chi connectivity index (χ1n) is 12.2. The molecule has 36 heavy (non-hydrogen) atoms. The van der Waals surface area contributed by atoms with E-state index >= 15 is 0 Å². The number of hydrogen-bond acceptors (Lipinski definition) is 5. The third kappa shape index (κ3) is 6.88. The molecule has 3 rings (SSSR count). The normalized spacial score (nSPS) is 15.7. The second-order valence-corrected chi connectivity index (χ2v) is 9.49. The number of hydrogen-bond donors (Lipinski definition) is 2. The first-order chi connectivity index (χ1) is 17.0. The Labute approximate surface area is 209 Å². The summed E-state index contributed by atoms with van der Waals surface area (Å²) < 4.78 is 47.1. The number of halogens is 3. The number of nitrogens with zero attached hydrogens (tertiary/aromatic N) is 2. The van der Waals surface area contributed by atoms with Gasteiger partial charge in [-0.2, -0.15) is 13.2 Å². The van der Waals surface area contributed by atoms with Crippen LogP contribution in [0.4, 0.5) is 18.9 Å². The molecule has 1 aromatic carbocycles. The van der Waals surface area contributed by atoms with Crippen molar-refractivity contribution in [2.75, 3.05) is 45.7 Å². The Bertz CT molecular complexity index is 1110. The number of ether oxygens (including phenoxy) is 1. The predicted molar refractivity (Wildman–Crippen MR) is 134 cm³/mol. The van der Waals surface area contributed by atoms with Crippen molar-refractivity contribution in [3.63, 3.8) is 0 Å². The fraction of sp³-hybridized carbons (Fsp3) is 0.538. The van der Waals surface area contributed by atoms with Gasteiger partial charge in [-0.15, -0.1) is 0 Å². The Hall–Kier alpha value is -2.85. The number of pyridine rings is 1. The van der Waals surface area contributed by atoms with E-state index in [1.165, 1.54) is 19.1 Å². The van der Waals surface area contributed by atoms with E-state index in [0.717, 1.165) is 19.0 Å². The Morgan fingerprint density at radius 1 is 1.25 bits per heavy atom. The van der Waals surface area contributed by atoms with Crippen LogP contribution in [0.5, 0.6) is 0 Å². The van der Waals surface area contributed by atoms with E-state index in [2.05, 4.69) is 10.6 Å². The molecule has 10 heteroatoms. The molecule has 7 nitrogen and oxygen atoms in total. The lowest BCUT2D eigenvalue weighted by Gasteiger charge is -2.26. The van der Waals surface area contributed by atoms with Crippen LogP contribution in [0, 0.1) is 6.92 Å². The second kappa shape index (κ2) is 11.9. The third-order valence-corrected chi connectivity index (χ3v) is 6.50. The third-order valence-electron chi connectivity index (χ3n) is 6.50. The summed E-state index contributed by atoms with van der Waals surface area (Å²) in [5.41, 5.74) is 0.214. The molecule has 1 aliphatic heterocycles. The van der Waals surface area contributed by atoms with Gasteiger partial charge in [0.25, 0.3) is 11.5 Å². The molecule has 1 aliphatic rings. The highest BCUT2D eigenvalue weighted by molar-refractivity contribution is 5.99. The second-order valence-electron chi connectivity index (χ2n) is 9.49. The van der Waals surface area contributed by atoms with Crippen LogP contribution >= 0.6 is 0 Å². The summed E-state index contributed by atoms with van der Waals surface area (Å²) in [5, 5.41) is 6.04. The van der Waals surface area contributed by atoms with Gasteiger partial charge in [-0.1, -0.05) is 12.1 Å². The summed E-state index contributed by atoms with van der Waals surface area (Å²) >= 11 is 0. The summed E-state index contributed by atoms with van der Waals surface area (Å²) in [4.78, 5) is 28.4. The molecule has 1 atom stereocenters. The highest BCUT2D eigenvalue weighted by atomic mass is 19.4. The van der Waals surface area contributed by atoms with Gasteiger partial charge < -0.3 is 24.8 Å². The van der Waals surface area contributed by atoms with Crippen molar-refractivity contribution in [2.45, 2.75) is 51.4 Å². The molecular weight excluding hydrogens is 473 g/mol. The number of amides is 1. The van der Waals surface area contributed by atoms with Crippen LogP contribution in [0.1, 0.15) is 65.3 Å². The minimum atomic E-state index is -4.48. The molecule has 1 amide bonds. The van der Waals surface area contributed by atoms with Gasteiger partial charge in [0, 0.05) is 38.1 Å². The van der Waals surface area contributed by atoms with E-state index in [0.29, 0.717) is 43.9 Å². The highest BCUT2D eigenvalue weighted by Crippen LogP contribution is 2.34. The number of carbonyl (C=O) groups excluding carboxylic acids is 1. The Morgan fingerprint density at radius 2 is 1.94 bits per heavy atom. The molecule has 0 bridgehead atoms. The molecule has 0 saturated carbocycles. The van der Waals surface area contributed by atoms with Gasteiger partial charge in [0.2, 0.25) is 0 Å². The molecule has 0 aliphatic carbocycles.